The summed E-state index contributed by atoms with van der Waals surface area (Å²) in [6.07, 6.45) is 1.78. The van der Waals surface area contributed by atoms with Crippen LogP contribution in [0.5, 0.6) is 5.75 Å². The fourth-order valence-electron chi connectivity index (χ4n) is 1.76. The average molecular weight is 259 g/mol. The molecule has 102 valence electrons. The van der Waals surface area contributed by atoms with Crippen LogP contribution in [-0.2, 0) is 0 Å². The number of anilines is 1. The standard InChI is InChI=1S/C15H21N3O/c1-15(2,18(3)4)10-17-14-13-9-12(19)6-5-11(13)7-8-16-14/h5-9,19H,10H2,1-4H3,(H,16,17). The Morgan fingerprint density at radius 3 is 2.68 bits per heavy atom. The monoisotopic (exact) mass is 259 g/mol. The molecule has 0 saturated carbocycles. The third-order valence-electron chi connectivity index (χ3n) is 3.65. The lowest BCUT2D eigenvalue weighted by atomic mass is 10.0. The minimum absolute atomic E-state index is 0.0284. The van der Waals surface area contributed by atoms with Crippen molar-refractivity contribution in [1.29, 1.82) is 0 Å². The summed E-state index contributed by atoms with van der Waals surface area (Å²) in [5, 5.41) is 15.0. The first kappa shape index (κ1) is 13.6. The second-order valence-electron chi connectivity index (χ2n) is 5.63. The normalized spacial score (nSPS) is 12.1. The number of phenolic OH excluding ortho intramolecular Hbond substituents is 1. The number of rotatable bonds is 4. The van der Waals surface area contributed by atoms with Gasteiger partial charge in [-0.2, -0.15) is 0 Å². The minimum Gasteiger partial charge on any atom is -0.508 e. The highest BCUT2D eigenvalue weighted by atomic mass is 16.3. The highest BCUT2D eigenvalue weighted by Gasteiger charge is 2.20. The summed E-state index contributed by atoms with van der Waals surface area (Å²) >= 11 is 0. The number of hydrogen-bond donors (Lipinski definition) is 2. The Bertz CT molecular complexity index is 579. The molecule has 0 bridgehead atoms. The molecule has 0 aliphatic rings. The van der Waals surface area contributed by atoms with E-state index in [2.05, 4.69) is 43.1 Å². The molecule has 0 unspecified atom stereocenters. The summed E-state index contributed by atoms with van der Waals surface area (Å²) in [6.45, 7) is 5.12. The number of benzene rings is 1. The molecule has 0 aliphatic carbocycles. The number of aromatic nitrogens is 1. The Hall–Kier alpha value is -1.81. The van der Waals surface area contributed by atoms with E-state index in [1.165, 1.54) is 0 Å². The van der Waals surface area contributed by atoms with Crippen LogP contribution in [0.25, 0.3) is 10.8 Å². The van der Waals surface area contributed by atoms with Gasteiger partial charge in [-0.1, -0.05) is 6.07 Å². The molecule has 0 atom stereocenters. The molecule has 1 aromatic heterocycles. The van der Waals surface area contributed by atoms with Gasteiger partial charge in [0.25, 0.3) is 0 Å². The molecule has 0 aliphatic heterocycles. The van der Waals surface area contributed by atoms with Gasteiger partial charge in [-0.25, -0.2) is 4.98 Å². The first-order chi connectivity index (χ1) is 8.90. The summed E-state index contributed by atoms with van der Waals surface area (Å²) in [6, 6.07) is 7.27. The van der Waals surface area contributed by atoms with Crippen molar-refractivity contribution in [1.82, 2.24) is 9.88 Å². The molecule has 2 aromatic rings. The van der Waals surface area contributed by atoms with Crippen molar-refractivity contribution in [2.75, 3.05) is 26.0 Å². The van der Waals surface area contributed by atoms with Crippen molar-refractivity contribution in [3.8, 4) is 5.75 Å². The first-order valence-electron chi connectivity index (χ1n) is 6.39. The molecule has 2 N–H and O–H groups in total. The van der Waals surface area contributed by atoms with Crippen LogP contribution in [0.4, 0.5) is 5.82 Å². The predicted molar refractivity (Wildman–Crippen MR) is 79.7 cm³/mol. The number of nitrogens with one attached hydrogen (secondary N) is 1. The zero-order valence-electron chi connectivity index (χ0n) is 11.9. The van der Waals surface area contributed by atoms with Crippen molar-refractivity contribution in [3.05, 3.63) is 30.5 Å². The zero-order chi connectivity index (χ0) is 14.0. The number of hydrogen-bond acceptors (Lipinski definition) is 4. The van der Waals surface area contributed by atoms with Crippen LogP contribution in [0, 0.1) is 0 Å². The lowest BCUT2D eigenvalue weighted by molar-refractivity contribution is 0.210. The van der Waals surface area contributed by atoms with E-state index in [1.54, 1.807) is 18.3 Å². The number of phenols is 1. The molecule has 0 radical (unpaired) electrons. The van der Waals surface area contributed by atoms with Crippen LogP contribution in [0.2, 0.25) is 0 Å². The van der Waals surface area contributed by atoms with Crippen LogP contribution in [0.1, 0.15) is 13.8 Å². The van der Waals surface area contributed by atoms with Crippen molar-refractivity contribution in [2.45, 2.75) is 19.4 Å². The van der Waals surface area contributed by atoms with Gasteiger partial charge in [0, 0.05) is 23.7 Å². The molecule has 0 amide bonds. The topological polar surface area (TPSA) is 48.4 Å². The van der Waals surface area contributed by atoms with Gasteiger partial charge in [-0.15, -0.1) is 0 Å². The van der Waals surface area contributed by atoms with Gasteiger partial charge in [0.2, 0.25) is 0 Å². The number of nitrogens with zero attached hydrogens (tertiary/aromatic N) is 2. The molecular formula is C15H21N3O. The van der Waals surface area contributed by atoms with Gasteiger partial charge in [0.15, 0.2) is 0 Å². The highest BCUT2D eigenvalue weighted by Crippen LogP contribution is 2.25. The number of fused-ring (bicyclic) bond motifs is 1. The van der Waals surface area contributed by atoms with E-state index in [0.29, 0.717) is 0 Å². The third-order valence-corrected chi connectivity index (χ3v) is 3.65. The molecule has 1 heterocycles. The van der Waals surface area contributed by atoms with Gasteiger partial charge in [-0.05, 0) is 51.5 Å². The summed E-state index contributed by atoms with van der Waals surface area (Å²) < 4.78 is 0. The molecule has 1 aromatic carbocycles. The van der Waals surface area contributed by atoms with Gasteiger partial charge < -0.3 is 15.3 Å². The van der Waals surface area contributed by atoms with Crippen LogP contribution in [-0.4, -0.2) is 41.2 Å². The van der Waals surface area contributed by atoms with E-state index < -0.39 is 0 Å². The van der Waals surface area contributed by atoms with E-state index in [4.69, 9.17) is 0 Å². The van der Waals surface area contributed by atoms with Crippen molar-refractivity contribution in [3.63, 3.8) is 0 Å². The Morgan fingerprint density at radius 1 is 1.26 bits per heavy atom. The highest BCUT2D eigenvalue weighted by molar-refractivity contribution is 5.92. The second-order valence-corrected chi connectivity index (χ2v) is 5.63. The van der Waals surface area contributed by atoms with Gasteiger partial charge >= 0.3 is 0 Å². The maximum absolute atomic E-state index is 9.61. The third kappa shape index (κ3) is 2.96. The number of aromatic hydroxyl groups is 1. The average Bonchev–Trinajstić information content (AvgIpc) is 2.36. The summed E-state index contributed by atoms with van der Waals surface area (Å²) in [4.78, 5) is 6.54. The van der Waals surface area contributed by atoms with E-state index in [1.807, 2.05) is 12.1 Å². The smallest absolute Gasteiger partial charge is 0.134 e. The SMILES string of the molecule is CN(C)C(C)(C)CNc1nccc2ccc(O)cc12. The maximum atomic E-state index is 9.61. The first-order valence-corrected chi connectivity index (χ1v) is 6.39. The minimum atomic E-state index is 0.0284. The molecular weight excluding hydrogens is 238 g/mol. The lowest BCUT2D eigenvalue weighted by Gasteiger charge is -2.33. The van der Waals surface area contributed by atoms with Gasteiger partial charge in [-0.3, -0.25) is 0 Å². The maximum Gasteiger partial charge on any atom is 0.134 e. The van der Waals surface area contributed by atoms with Crippen LogP contribution < -0.4 is 5.32 Å². The van der Waals surface area contributed by atoms with Gasteiger partial charge in [0.05, 0.1) is 0 Å². The Morgan fingerprint density at radius 2 is 2.00 bits per heavy atom. The largest absolute Gasteiger partial charge is 0.508 e. The van der Waals surface area contributed by atoms with E-state index in [0.717, 1.165) is 23.1 Å². The molecule has 0 saturated heterocycles. The number of pyridine rings is 1. The Labute approximate surface area is 114 Å². The summed E-state index contributed by atoms with van der Waals surface area (Å²) in [5.74, 6) is 1.07. The summed E-state index contributed by atoms with van der Waals surface area (Å²) in [7, 11) is 4.12. The fraction of sp³-hybridized carbons (Fsp3) is 0.400. The number of likely N-dealkylation sites (N-methyl/N-ethyl adjacent to an activating group) is 1. The quantitative estimate of drug-likeness (QED) is 0.886. The molecule has 0 spiro atoms. The van der Waals surface area contributed by atoms with Crippen LogP contribution >= 0.6 is 0 Å². The van der Waals surface area contributed by atoms with Crippen LogP contribution in [0.3, 0.4) is 0 Å². The molecule has 0 fully saturated rings. The van der Waals surface area contributed by atoms with Gasteiger partial charge in [0.1, 0.15) is 11.6 Å². The second kappa shape index (κ2) is 5.05. The predicted octanol–water partition coefficient (Wildman–Crippen LogP) is 2.69. The van der Waals surface area contributed by atoms with Crippen molar-refractivity contribution < 1.29 is 5.11 Å². The fourth-order valence-corrected chi connectivity index (χ4v) is 1.76. The Balaban J connectivity index is 2.28. The molecule has 2 rings (SSSR count). The van der Waals surface area contributed by atoms with E-state index in [-0.39, 0.29) is 11.3 Å². The molecule has 19 heavy (non-hydrogen) atoms. The molecule has 4 nitrogen and oxygen atoms in total. The van der Waals surface area contributed by atoms with E-state index in [9.17, 15) is 5.11 Å². The molecule has 4 heteroatoms. The zero-order valence-corrected chi connectivity index (χ0v) is 11.9. The van der Waals surface area contributed by atoms with E-state index >= 15 is 0 Å². The van der Waals surface area contributed by atoms with Crippen molar-refractivity contribution >= 4 is 16.6 Å². The lowest BCUT2D eigenvalue weighted by Crippen LogP contribution is -2.44. The summed E-state index contributed by atoms with van der Waals surface area (Å²) in [5.41, 5.74) is 0.0284. The Kier molecular flexibility index (Phi) is 3.62. The van der Waals surface area contributed by atoms with Crippen molar-refractivity contribution in [2.24, 2.45) is 0 Å². The van der Waals surface area contributed by atoms with Crippen LogP contribution in [0.15, 0.2) is 30.5 Å².